The van der Waals surface area contributed by atoms with E-state index in [0.717, 1.165) is 16.9 Å². The first-order chi connectivity index (χ1) is 9.19. The number of ketones is 1. The predicted molar refractivity (Wildman–Crippen MR) is 76.9 cm³/mol. The summed E-state index contributed by atoms with van der Waals surface area (Å²) in [5.41, 5.74) is 1.85. The highest BCUT2D eigenvalue weighted by atomic mass is 35.5. The van der Waals surface area contributed by atoms with Crippen LogP contribution in [0.2, 0.25) is 5.02 Å². The van der Waals surface area contributed by atoms with E-state index in [1.807, 2.05) is 42.5 Å². The van der Waals surface area contributed by atoms with E-state index in [2.05, 4.69) is 0 Å². The molecule has 0 aliphatic rings. The molecule has 0 aromatic heterocycles. The standard InChI is InChI=1S/C16H15ClO2/c1-19-16-8-3-2-6-13(16)11-15(18)10-12-5-4-7-14(17)9-12/h2-9H,10-11H2,1H3. The summed E-state index contributed by atoms with van der Waals surface area (Å²) in [6.45, 7) is 0. The van der Waals surface area contributed by atoms with Crippen molar-refractivity contribution in [2.24, 2.45) is 0 Å². The zero-order chi connectivity index (χ0) is 13.7. The van der Waals surface area contributed by atoms with E-state index in [-0.39, 0.29) is 5.78 Å². The summed E-state index contributed by atoms with van der Waals surface area (Å²) in [6.07, 6.45) is 0.759. The Morgan fingerprint density at radius 3 is 2.63 bits per heavy atom. The van der Waals surface area contributed by atoms with Crippen molar-refractivity contribution >= 4 is 17.4 Å². The molecule has 0 fully saturated rings. The number of hydrogen-bond acceptors (Lipinski definition) is 2. The summed E-state index contributed by atoms with van der Waals surface area (Å²) in [5.74, 6) is 0.897. The van der Waals surface area contributed by atoms with E-state index in [9.17, 15) is 4.79 Å². The van der Waals surface area contributed by atoms with Crippen LogP contribution in [0.3, 0.4) is 0 Å². The Morgan fingerprint density at radius 1 is 1.11 bits per heavy atom. The van der Waals surface area contributed by atoms with Crippen LogP contribution in [-0.4, -0.2) is 12.9 Å². The Kier molecular flexibility index (Phi) is 4.58. The first kappa shape index (κ1) is 13.6. The summed E-state index contributed by atoms with van der Waals surface area (Å²) in [6, 6.07) is 15.0. The second kappa shape index (κ2) is 6.39. The number of methoxy groups -OCH3 is 1. The average molecular weight is 275 g/mol. The van der Waals surface area contributed by atoms with Gasteiger partial charge in [-0.25, -0.2) is 0 Å². The average Bonchev–Trinajstić information content (AvgIpc) is 2.39. The van der Waals surface area contributed by atoms with Gasteiger partial charge < -0.3 is 4.74 Å². The normalized spacial score (nSPS) is 10.2. The van der Waals surface area contributed by atoms with Crippen LogP contribution < -0.4 is 4.74 Å². The Morgan fingerprint density at radius 2 is 1.89 bits per heavy atom. The fraction of sp³-hybridized carbons (Fsp3) is 0.188. The zero-order valence-electron chi connectivity index (χ0n) is 10.7. The third-order valence-electron chi connectivity index (χ3n) is 2.87. The summed E-state index contributed by atoms with van der Waals surface area (Å²) in [5, 5.41) is 0.655. The summed E-state index contributed by atoms with van der Waals surface area (Å²) in [7, 11) is 1.61. The lowest BCUT2D eigenvalue weighted by molar-refractivity contribution is -0.117. The van der Waals surface area contributed by atoms with Gasteiger partial charge in [0.1, 0.15) is 11.5 Å². The van der Waals surface area contributed by atoms with Gasteiger partial charge in [-0.2, -0.15) is 0 Å². The van der Waals surface area contributed by atoms with Gasteiger partial charge in [0.25, 0.3) is 0 Å². The molecule has 0 saturated heterocycles. The summed E-state index contributed by atoms with van der Waals surface area (Å²) in [4.78, 5) is 12.1. The molecule has 0 aliphatic carbocycles. The predicted octanol–water partition coefficient (Wildman–Crippen LogP) is 3.70. The third-order valence-corrected chi connectivity index (χ3v) is 3.11. The SMILES string of the molecule is COc1ccccc1CC(=O)Cc1cccc(Cl)c1. The fourth-order valence-electron chi connectivity index (χ4n) is 2.00. The first-order valence-corrected chi connectivity index (χ1v) is 6.45. The van der Waals surface area contributed by atoms with Crippen molar-refractivity contribution in [3.8, 4) is 5.75 Å². The molecule has 2 nitrogen and oxygen atoms in total. The number of carbonyl (C=O) groups is 1. The Hall–Kier alpha value is -1.80. The maximum Gasteiger partial charge on any atom is 0.141 e. The van der Waals surface area contributed by atoms with E-state index < -0.39 is 0 Å². The Bertz CT molecular complexity index is 578. The van der Waals surface area contributed by atoms with E-state index in [1.54, 1.807) is 13.2 Å². The molecular weight excluding hydrogens is 260 g/mol. The van der Waals surface area contributed by atoms with Crippen LogP contribution >= 0.6 is 11.6 Å². The topological polar surface area (TPSA) is 26.3 Å². The maximum atomic E-state index is 12.1. The van der Waals surface area contributed by atoms with Crippen LogP contribution in [0.1, 0.15) is 11.1 Å². The van der Waals surface area contributed by atoms with Crippen molar-refractivity contribution in [2.45, 2.75) is 12.8 Å². The number of ether oxygens (including phenoxy) is 1. The third kappa shape index (κ3) is 3.83. The Balaban J connectivity index is 2.05. The molecule has 0 aliphatic heterocycles. The minimum absolute atomic E-state index is 0.145. The van der Waals surface area contributed by atoms with Crippen LogP contribution in [0.15, 0.2) is 48.5 Å². The zero-order valence-corrected chi connectivity index (χ0v) is 11.5. The second-order valence-electron chi connectivity index (χ2n) is 4.33. The van der Waals surface area contributed by atoms with Gasteiger partial charge in [0.15, 0.2) is 0 Å². The monoisotopic (exact) mass is 274 g/mol. The Labute approximate surface area is 118 Å². The minimum atomic E-state index is 0.145. The number of para-hydroxylation sites is 1. The number of carbonyl (C=O) groups excluding carboxylic acids is 1. The second-order valence-corrected chi connectivity index (χ2v) is 4.77. The van der Waals surface area contributed by atoms with Gasteiger partial charge in [-0.3, -0.25) is 4.79 Å². The summed E-state index contributed by atoms with van der Waals surface area (Å²) >= 11 is 5.90. The first-order valence-electron chi connectivity index (χ1n) is 6.07. The van der Waals surface area contributed by atoms with E-state index in [1.165, 1.54) is 0 Å². The molecule has 3 heteroatoms. The molecule has 2 rings (SSSR count). The van der Waals surface area contributed by atoms with Gasteiger partial charge >= 0.3 is 0 Å². The van der Waals surface area contributed by atoms with Gasteiger partial charge in [-0.1, -0.05) is 41.9 Å². The van der Waals surface area contributed by atoms with Crippen LogP contribution in [0.4, 0.5) is 0 Å². The molecule has 0 unspecified atom stereocenters. The fourth-order valence-corrected chi connectivity index (χ4v) is 2.21. The van der Waals surface area contributed by atoms with Gasteiger partial charge in [-0.05, 0) is 23.8 Å². The summed E-state index contributed by atoms with van der Waals surface area (Å²) < 4.78 is 5.24. The molecule has 0 heterocycles. The molecule has 0 atom stereocenters. The number of halogens is 1. The van der Waals surface area contributed by atoms with Crippen molar-refractivity contribution in [3.05, 3.63) is 64.7 Å². The molecule has 0 spiro atoms. The van der Waals surface area contributed by atoms with Gasteiger partial charge in [0.2, 0.25) is 0 Å². The smallest absolute Gasteiger partial charge is 0.141 e. The van der Waals surface area contributed by atoms with E-state index in [0.29, 0.717) is 17.9 Å². The maximum absolute atomic E-state index is 12.1. The highest BCUT2D eigenvalue weighted by Crippen LogP contribution is 2.19. The molecular formula is C16H15ClO2. The molecule has 2 aromatic carbocycles. The lowest BCUT2D eigenvalue weighted by Crippen LogP contribution is -2.07. The van der Waals surface area contributed by atoms with Crippen molar-refractivity contribution < 1.29 is 9.53 Å². The van der Waals surface area contributed by atoms with Crippen molar-refractivity contribution in [3.63, 3.8) is 0 Å². The molecule has 0 amide bonds. The molecule has 98 valence electrons. The molecule has 0 radical (unpaired) electrons. The minimum Gasteiger partial charge on any atom is -0.496 e. The van der Waals surface area contributed by atoms with Gasteiger partial charge in [-0.15, -0.1) is 0 Å². The van der Waals surface area contributed by atoms with Crippen molar-refractivity contribution in [2.75, 3.05) is 7.11 Å². The number of rotatable bonds is 5. The van der Waals surface area contributed by atoms with Crippen molar-refractivity contribution in [1.29, 1.82) is 0 Å². The highest BCUT2D eigenvalue weighted by molar-refractivity contribution is 6.30. The van der Waals surface area contributed by atoms with Crippen molar-refractivity contribution in [1.82, 2.24) is 0 Å². The van der Waals surface area contributed by atoms with Crippen LogP contribution in [0.5, 0.6) is 5.75 Å². The van der Waals surface area contributed by atoms with Gasteiger partial charge in [0, 0.05) is 23.4 Å². The molecule has 2 aromatic rings. The number of hydrogen-bond donors (Lipinski definition) is 0. The quantitative estimate of drug-likeness (QED) is 0.831. The van der Waals surface area contributed by atoms with Crippen LogP contribution in [-0.2, 0) is 17.6 Å². The molecule has 19 heavy (non-hydrogen) atoms. The number of benzene rings is 2. The lowest BCUT2D eigenvalue weighted by atomic mass is 10.0. The van der Waals surface area contributed by atoms with Crippen LogP contribution in [0.25, 0.3) is 0 Å². The highest BCUT2D eigenvalue weighted by Gasteiger charge is 2.09. The van der Waals surface area contributed by atoms with Gasteiger partial charge in [0.05, 0.1) is 7.11 Å². The number of Topliss-reactive ketones (excluding diaryl/α,β-unsaturated/α-hetero) is 1. The van der Waals surface area contributed by atoms with Crippen LogP contribution in [0, 0.1) is 0 Å². The largest absolute Gasteiger partial charge is 0.496 e. The van der Waals surface area contributed by atoms with E-state index >= 15 is 0 Å². The molecule has 0 N–H and O–H groups in total. The molecule has 0 saturated carbocycles. The molecule has 0 bridgehead atoms. The lowest BCUT2D eigenvalue weighted by Gasteiger charge is -2.07. The van der Waals surface area contributed by atoms with E-state index in [4.69, 9.17) is 16.3 Å².